The van der Waals surface area contributed by atoms with Crippen molar-refractivity contribution in [1.82, 2.24) is 4.98 Å². The first-order valence-electron chi connectivity index (χ1n) is 5.48. The van der Waals surface area contributed by atoms with E-state index in [9.17, 15) is 4.79 Å². The number of hydrogen-bond acceptors (Lipinski definition) is 3. The molecule has 88 valence electrons. The van der Waals surface area contributed by atoms with Crippen LogP contribution < -0.4 is 11.1 Å². The third-order valence-electron chi connectivity index (χ3n) is 2.37. The Balaban J connectivity index is 2.81. The van der Waals surface area contributed by atoms with E-state index in [0.717, 1.165) is 18.5 Å². The fourth-order valence-electron chi connectivity index (χ4n) is 1.72. The van der Waals surface area contributed by atoms with Crippen LogP contribution in [0.25, 0.3) is 0 Å². The van der Waals surface area contributed by atoms with Crippen molar-refractivity contribution in [1.29, 1.82) is 0 Å². The molecule has 1 amide bonds. The van der Waals surface area contributed by atoms with E-state index >= 15 is 0 Å². The Morgan fingerprint density at radius 3 is 2.81 bits per heavy atom. The number of aromatic nitrogens is 1. The summed E-state index contributed by atoms with van der Waals surface area (Å²) in [6, 6.07) is 3.52. The molecule has 0 saturated heterocycles. The molecule has 0 spiro atoms. The summed E-state index contributed by atoms with van der Waals surface area (Å²) in [6.07, 6.45) is 3.75. The lowest BCUT2D eigenvalue weighted by atomic mass is 9.98. The van der Waals surface area contributed by atoms with Gasteiger partial charge in [-0.15, -0.1) is 0 Å². The van der Waals surface area contributed by atoms with Crippen LogP contribution >= 0.6 is 0 Å². The number of carbonyl (C=O) groups is 1. The number of nitrogens with zero attached hydrogens (tertiary/aromatic N) is 1. The molecule has 0 atom stereocenters. The van der Waals surface area contributed by atoms with E-state index in [-0.39, 0.29) is 11.2 Å². The number of hydrogen-bond donors (Lipinski definition) is 2. The topological polar surface area (TPSA) is 68.0 Å². The van der Waals surface area contributed by atoms with Crippen LogP contribution in [0, 0.1) is 0 Å². The van der Waals surface area contributed by atoms with Crippen molar-refractivity contribution in [2.75, 3.05) is 5.32 Å². The maximum absolute atomic E-state index is 11.0. The number of nitrogens with one attached hydrogen (secondary N) is 1. The van der Waals surface area contributed by atoms with E-state index in [1.54, 1.807) is 12.3 Å². The smallest absolute Gasteiger partial charge is 0.267 e. The lowest BCUT2D eigenvalue weighted by Crippen LogP contribution is -2.30. The van der Waals surface area contributed by atoms with Crippen LogP contribution in [0.5, 0.6) is 0 Å². The Morgan fingerprint density at radius 1 is 1.56 bits per heavy atom. The van der Waals surface area contributed by atoms with Gasteiger partial charge in [0.25, 0.3) is 5.91 Å². The highest BCUT2D eigenvalue weighted by atomic mass is 16.1. The van der Waals surface area contributed by atoms with Crippen molar-refractivity contribution in [3.8, 4) is 0 Å². The summed E-state index contributed by atoms with van der Waals surface area (Å²) in [6.45, 7) is 6.40. The number of pyridine rings is 1. The third-order valence-corrected chi connectivity index (χ3v) is 2.37. The molecule has 0 radical (unpaired) electrons. The van der Waals surface area contributed by atoms with Gasteiger partial charge in [-0.3, -0.25) is 9.78 Å². The predicted octanol–water partition coefficient (Wildman–Crippen LogP) is 2.17. The highest BCUT2D eigenvalue weighted by Crippen LogP contribution is 2.19. The lowest BCUT2D eigenvalue weighted by molar-refractivity contribution is 0.0995. The zero-order chi connectivity index (χ0) is 12.2. The monoisotopic (exact) mass is 221 g/mol. The number of rotatable bonds is 5. The number of amides is 1. The Hall–Kier alpha value is -1.58. The minimum absolute atomic E-state index is 0.00498. The van der Waals surface area contributed by atoms with Crippen LogP contribution in [-0.2, 0) is 0 Å². The van der Waals surface area contributed by atoms with Crippen molar-refractivity contribution in [2.45, 2.75) is 39.2 Å². The van der Waals surface area contributed by atoms with E-state index in [2.05, 4.69) is 31.1 Å². The van der Waals surface area contributed by atoms with Gasteiger partial charge in [0.2, 0.25) is 0 Å². The third kappa shape index (κ3) is 3.53. The van der Waals surface area contributed by atoms with Crippen LogP contribution in [-0.4, -0.2) is 16.4 Å². The summed E-state index contributed by atoms with van der Waals surface area (Å²) < 4.78 is 0. The van der Waals surface area contributed by atoms with Gasteiger partial charge in [0.15, 0.2) is 0 Å². The van der Waals surface area contributed by atoms with Crippen LogP contribution in [0.15, 0.2) is 18.3 Å². The summed E-state index contributed by atoms with van der Waals surface area (Å²) in [5, 5.41) is 3.37. The summed E-state index contributed by atoms with van der Waals surface area (Å²) >= 11 is 0. The molecule has 0 aromatic carbocycles. The molecule has 0 aliphatic carbocycles. The fourth-order valence-corrected chi connectivity index (χ4v) is 1.72. The maximum Gasteiger partial charge on any atom is 0.267 e. The Bertz CT molecular complexity index is 374. The standard InChI is InChI=1S/C12H19N3O/c1-4-6-12(2,3)15-9-5-7-14-10(8-9)11(13)16/h5,7-8H,4,6H2,1-3H3,(H2,13,16)(H,14,15). The van der Waals surface area contributed by atoms with Crippen molar-refractivity contribution in [2.24, 2.45) is 5.73 Å². The lowest BCUT2D eigenvalue weighted by Gasteiger charge is -2.27. The largest absolute Gasteiger partial charge is 0.380 e. The number of primary amides is 1. The second-order valence-electron chi connectivity index (χ2n) is 4.55. The van der Waals surface area contributed by atoms with Gasteiger partial charge in [-0.25, -0.2) is 0 Å². The van der Waals surface area contributed by atoms with E-state index in [0.29, 0.717) is 0 Å². The molecule has 1 aromatic rings. The van der Waals surface area contributed by atoms with Crippen LogP contribution in [0.4, 0.5) is 5.69 Å². The molecule has 0 unspecified atom stereocenters. The van der Waals surface area contributed by atoms with Crippen molar-refractivity contribution >= 4 is 11.6 Å². The van der Waals surface area contributed by atoms with Crippen molar-refractivity contribution in [3.63, 3.8) is 0 Å². The first-order valence-corrected chi connectivity index (χ1v) is 5.48. The normalized spacial score (nSPS) is 11.2. The molecule has 0 aliphatic heterocycles. The van der Waals surface area contributed by atoms with Crippen molar-refractivity contribution < 1.29 is 4.79 Å². The summed E-state index contributed by atoms with van der Waals surface area (Å²) in [5.74, 6) is -0.503. The van der Waals surface area contributed by atoms with E-state index in [4.69, 9.17) is 5.73 Å². The minimum Gasteiger partial charge on any atom is -0.380 e. The number of anilines is 1. The minimum atomic E-state index is -0.503. The molecule has 0 fully saturated rings. The molecule has 3 N–H and O–H groups in total. The Morgan fingerprint density at radius 2 is 2.25 bits per heavy atom. The Kier molecular flexibility index (Phi) is 3.88. The molecule has 1 heterocycles. The quantitative estimate of drug-likeness (QED) is 0.800. The first-order chi connectivity index (χ1) is 7.44. The zero-order valence-corrected chi connectivity index (χ0v) is 10.1. The molecule has 4 nitrogen and oxygen atoms in total. The SMILES string of the molecule is CCCC(C)(C)Nc1ccnc(C(N)=O)c1. The predicted molar refractivity (Wildman–Crippen MR) is 65.4 cm³/mol. The van der Waals surface area contributed by atoms with Gasteiger partial charge in [0.1, 0.15) is 5.69 Å². The van der Waals surface area contributed by atoms with E-state index < -0.39 is 5.91 Å². The number of nitrogens with two attached hydrogens (primary N) is 1. The molecule has 1 rings (SSSR count). The molecule has 0 saturated carbocycles. The average Bonchev–Trinajstić information content (AvgIpc) is 2.17. The number of carbonyl (C=O) groups excluding carboxylic acids is 1. The van der Waals surface area contributed by atoms with Gasteiger partial charge < -0.3 is 11.1 Å². The molecule has 0 bridgehead atoms. The molecule has 16 heavy (non-hydrogen) atoms. The molecule has 4 heteroatoms. The van der Waals surface area contributed by atoms with E-state index in [1.807, 2.05) is 6.07 Å². The maximum atomic E-state index is 11.0. The van der Waals surface area contributed by atoms with Gasteiger partial charge >= 0.3 is 0 Å². The van der Waals surface area contributed by atoms with Gasteiger partial charge in [0, 0.05) is 17.4 Å². The van der Waals surface area contributed by atoms with E-state index in [1.165, 1.54) is 0 Å². The average molecular weight is 221 g/mol. The highest BCUT2D eigenvalue weighted by Gasteiger charge is 2.16. The van der Waals surface area contributed by atoms with Crippen LogP contribution in [0.2, 0.25) is 0 Å². The summed E-state index contributed by atoms with van der Waals surface area (Å²) in [7, 11) is 0. The van der Waals surface area contributed by atoms with Gasteiger partial charge in [-0.2, -0.15) is 0 Å². The zero-order valence-electron chi connectivity index (χ0n) is 10.1. The second kappa shape index (κ2) is 4.96. The fraction of sp³-hybridized carbons (Fsp3) is 0.500. The summed E-state index contributed by atoms with van der Waals surface area (Å²) in [4.78, 5) is 14.9. The summed E-state index contributed by atoms with van der Waals surface area (Å²) in [5.41, 5.74) is 6.35. The first kappa shape index (κ1) is 12.5. The second-order valence-corrected chi connectivity index (χ2v) is 4.55. The Labute approximate surface area is 96.3 Å². The van der Waals surface area contributed by atoms with Gasteiger partial charge in [-0.05, 0) is 32.4 Å². The van der Waals surface area contributed by atoms with Crippen LogP contribution in [0.3, 0.4) is 0 Å². The van der Waals surface area contributed by atoms with Crippen molar-refractivity contribution in [3.05, 3.63) is 24.0 Å². The van der Waals surface area contributed by atoms with Crippen LogP contribution in [0.1, 0.15) is 44.1 Å². The highest BCUT2D eigenvalue weighted by molar-refractivity contribution is 5.91. The molecule has 0 aliphatic rings. The molecular formula is C12H19N3O. The van der Waals surface area contributed by atoms with Gasteiger partial charge in [-0.1, -0.05) is 13.3 Å². The molecular weight excluding hydrogens is 202 g/mol. The molecule has 1 aromatic heterocycles. The van der Waals surface area contributed by atoms with Gasteiger partial charge in [0.05, 0.1) is 0 Å².